The van der Waals surface area contributed by atoms with Crippen LogP contribution in [0.1, 0.15) is 11.7 Å². The number of aliphatic hydroxyl groups excluding tert-OH is 1. The first kappa shape index (κ1) is 14.5. The fourth-order valence-electron chi connectivity index (χ4n) is 1.65. The second-order valence-electron chi connectivity index (χ2n) is 4.17. The Balaban J connectivity index is 1.83. The fourth-order valence-corrected chi connectivity index (χ4v) is 1.80. The Morgan fingerprint density at radius 3 is 2.75 bits per heavy atom. The highest BCUT2D eigenvalue weighted by Crippen LogP contribution is 2.13. The Labute approximate surface area is 120 Å². The maximum Gasteiger partial charge on any atom is 0.253 e. The Bertz CT molecular complexity index is 586. The van der Waals surface area contributed by atoms with Gasteiger partial charge in [-0.25, -0.2) is 4.39 Å². The lowest BCUT2D eigenvalue weighted by atomic mass is 10.1. The first-order valence-corrected chi connectivity index (χ1v) is 6.33. The van der Waals surface area contributed by atoms with Crippen LogP contribution in [-0.2, 0) is 11.3 Å². The molecule has 0 unspecified atom stereocenters. The van der Waals surface area contributed by atoms with Crippen molar-refractivity contribution in [2.45, 2.75) is 12.6 Å². The van der Waals surface area contributed by atoms with E-state index < -0.39 is 17.8 Å². The van der Waals surface area contributed by atoms with Crippen LogP contribution < -0.4 is 5.32 Å². The van der Waals surface area contributed by atoms with Gasteiger partial charge < -0.3 is 10.4 Å². The largest absolute Gasteiger partial charge is 0.378 e. The van der Waals surface area contributed by atoms with Gasteiger partial charge in [-0.2, -0.15) is 5.10 Å². The van der Waals surface area contributed by atoms with Crippen molar-refractivity contribution in [3.63, 3.8) is 0 Å². The number of rotatable bonds is 5. The molecule has 1 aromatic carbocycles. The molecule has 0 aliphatic heterocycles. The van der Waals surface area contributed by atoms with E-state index in [1.807, 2.05) is 0 Å². The van der Waals surface area contributed by atoms with Crippen LogP contribution >= 0.6 is 11.6 Å². The van der Waals surface area contributed by atoms with Gasteiger partial charge in [0.1, 0.15) is 5.82 Å². The predicted octanol–water partition coefficient (Wildman–Crippen LogP) is 1.53. The number of carbonyl (C=O) groups is 1. The number of carbonyl (C=O) groups excluding carboxylic acids is 1. The average molecular weight is 298 g/mol. The number of amides is 1. The van der Waals surface area contributed by atoms with Crippen molar-refractivity contribution in [1.29, 1.82) is 0 Å². The minimum absolute atomic E-state index is 0.301. The summed E-state index contributed by atoms with van der Waals surface area (Å²) in [4.78, 5) is 11.7. The van der Waals surface area contributed by atoms with E-state index in [2.05, 4.69) is 10.4 Å². The van der Waals surface area contributed by atoms with Crippen molar-refractivity contribution in [3.8, 4) is 0 Å². The molecule has 0 saturated carbocycles. The highest BCUT2D eigenvalue weighted by molar-refractivity contribution is 6.30. The average Bonchev–Trinajstić information content (AvgIpc) is 2.84. The standard InChI is InChI=1S/C13H13ClFN3O2/c14-10-7-17-18(8-10)6-5-16-13(20)12(19)9-1-3-11(15)4-2-9/h1-4,7-8,12,19H,5-6H2,(H,16,20)/t12-/m0/s1. The Morgan fingerprint density at radius 2 is 2.15 bits per heavy atom. The second kappa shape index (κ2) is 6.49. The van der Waals surface area contributed by atoms with Crippen LogP contribution in [0.25, 0.3) is 0 Å². The molecule has 1 amide bonds. The number of nitrogens with zero attached hydrogens (tertiary/aromatic N) is 2. The van der Waals surface area contributed by atoms with Crippen molar-refractivity contribution in [2.24, 2.45) is 0 Å². The maximum absolute atomic E-state index is 12.7. The van der Waals surface area contributed by atoms with E-state index in [0.29, 0.717) is 23.7 Å². The van der Waals surface area contributed by atoms with Crippen LogP contribution in [0, 0.1) is 5.82 Å². The number of benzene rings is 1. The zero-order valence-electron chi connectivity index (χ0n) is 10.5. The minimum atomic E-state index is -1.32. The third-order valence-electron chi connectivity index (χ3n) is 2.68. The molecular weight excluding hydrogens is 285 g/mol. The molecule has 1 heterocycles. The smallest absolute Gasteiger partial charge is 0.253 e. The highest BCUT2D eigenvalue weighted by atomic mass is 35.5. The molecule has 0 aliphatic carbocycles. The van der Waals surface area contributed by atoms with Gasteiger partial charge in [-0.05, 0) is 17.7 Å². The summed E-state index contributed by atoms with van der Waals surface area (Å²) < 4.78 is 14.3. The number of hydrogen-bond donors (Lipinski definition) is 2. The third-order valence-corrected chi connectivity index (χ3v) is 2.87. The quantitative estimate of drug-likeness (QED) is 0.879. The first-order chi connectivity index (χ1) is 9.56. The molecule has 0 spiro atoms. The Hall–Kier alpha value is -1.92. The van der Waals surface area contributed by atoms with Crippen LogP contribution in [0.4, 0.5) is 4.39 Å². The topological polar surface area (TPSA) is 67.2 Å². The summed E-state index contributed by atoms with van der Waals surface area (Å²) in [6.45, 7) is 0.740. The highest BCUT2D eigenvalue weighted by Gasteiger charge is 2.16. The first-order valence-electron chi connectivity index (χ1n) is 5.95. The van der Waals surface area contributed by atoms with Gasteiger partial charge >= 0.3 is 0 Å². The summed E-state index contributed by atoms with van der Waals surface area (Å²) in [5.74, 6) is -0.966. The zero-order chi connectivity index (χ0) is 14.5. The van der Waals surface area contributed by atoms with Gasteiger partial charge in [-0.3, -0.25) is 9.48 Å². The molecule has 7 heteroatoms. The summed E-state index contributed by atoms with van der Waals surface area (Å²) in [6, 6.07) is 5.12. The molecular formula is C13H13ClFN3O2. The fraction of sp³-hybridized carbons (Fsp3) is 0.231. The monoisotopic (exact) mass is 297 g/mol. The summed E-state index contributed by atoms with van der Waals surface area (Å²) in [6.07, 6.45) is 1.80. The van der Waals surface area contributed by atoms with E-state index in [9.17, 15) is 14.3 Å². The second-order valence-corrected chi connectivity index (χ2v) is 4.60. The van der Waals surface area contributed by atoms with Crippen LogP contribution in [0.2, 0.25) is 5.02 Å². The number of aromatic nitrogens is 2. The molecule has 20 heavy (non-hydrogen) atoms. The van der Waals surface area contributed by atoms with Crippen molar-refractivity contribution >= 4 is 17.5 Å². The molecule has 2 aromatic rings. The molecule has 0 bridgehead atoms. The van der Waals surface area contributed by atoms with E-state index in [1.165, 1.54) is 30.5 Å². The molecule has 1 atom stereocenters. The van der Waals surface area contributed by atoms with Gasteiger partial charge in [-0.15, -0.1) is 0 Å². The molecule has 0 radical (unpaired) electrons. The lowest BCUT2D eigenvalue weighted by Crippen LogP contribution is -2.32. The summed E-state index contributed by atoms with van der Waals surface area (Å²) in [5.41, 5.74) is 0.339. The van der Waals surface area contributed by atoms with Crippen molar-refractivity contribution in [2.75, 3.05) is 6.54 Å². The molecule has 0 fully saturated rings. The third kappa shape index (κ3) is 3.79. The summed E-state index contributed by atoms with van der Waals surface area (Å²) in [7, 11) is 0. The van der Waals surface area contributed by atoms with Crippen molar-refractivity contribution in [1.82, 2.24) is 15.1 Å². The van der Waals surface area contributed by atoms with Gasteiger partial charge in [0.25, 0.3) is 5.91 Å². The van der Waals surface area contributed by atoms with Crippen LogP contribution in [0.3, 0.4) is 0 Å². The number of aliphatic hydroxyl groups is 1. The summed E-state index contributed by atoms with van der Waals surface area (Å²) >= 11 is 5.70. The number of halogens is 2. The van der Waals surface area contributed by atoms with Gasteiger partial charge in [0.2, 0.25) is 0 Å². The normalized spacial score (nSPS) is 12.2. The summed E-state index contributed by atoms with van der Waals surface area (Å²) in [5, 5.41) is 16.8. The van der Waals surface area contributed by atoms with Gasteiger partial charge in [0.15, 0.2) is 6.10 Å². The van der Waals surface area contributed by atoms with E-state index >= 15 is 0 Å². The molecule has 0 saturated heterocycles. The van der Waals surface area contributed by atoms with Crippen molar-refractivity contribution < 1.29 is 14.3 Å². The lowest BCUT2D eigenvalue weighted by molar-refractivity contribution is -0.129. The van der Waals surface area contributed by atoms with Crippen LogP contribution in [0.5, 0.6) is 0 Å². The number of hydrogen-bond acceptors (Lipinski definition) is 3. The van der Waals surface area contributed by atoms with Crippen LogP contribution in [0.15, 0.2) is 36.7 Å². The zero-order valence-corrected chi connectivity index (χ0v) is 11.2. The molecule has 1 aromatic heterocycles. The Kier molecular flexibility index (Phi) is 4.70. The molecule has 106 valence electrons. The molecule has 2 rings (SSSR count). The molecule has 5 nitrogen and oxygen atoms in total. The maximum atomic E-state index is 12.7. The SMILES string of the molecule is O=C(NCCn1cc(Cl)cn1)[C@@H](O)c1ccc(F)cc1. The van der Waals surface area contributed by atoms with Gasteiger partial charge in [0.05, 0.1) is 17.8 Å². The van der Waals surface area contributed by atoms with Crippen molar-refractivity contribution in [3.05, 3.63) is 53.1 Å². The Morgan fingerprint density at radius 1 is 1.45 bits per heavy atom. The van der Waals surface area contributed by atoms with E-state index in [4.69, 9.17) is 11.6 Å². The van der Waals surface area contributed by atoms with Gasteiger partial charge in [-0.1, -0.05) is 23.7 Å². The lowest BCUT2D eigenvalue weighted by Gasteiger charge is -2.11. The molecule has 2 N–H and O–H groups in total. The predicted molar refractivity (Wildman–Crippen MR) is 71.6 cm³/mol. The molecule has 0 aliphatic rings. The van der Waals surface area contributed by atoms with E-state index in [0.717, 1.165) is 0 Å². The van der Waals surface area contributed by atoms with Gasteiger partial charge in [0, 0.05) is 12.7 Å². The van der Waals surface area contributed by atoms with E-state index in [-0.39, 0.29) is 0 Å². The van der Waals surface area contributed by atoms with Crippen LogP contribution in [-0.4, -0.2) is 27.3 Å². The number of nitrogens with one attached hydrogen (secondary N) is 1. The van der Waals surface area contributed by atoms with E-state index in [1.54, 1.807) is 10.9 Å². The minimum Gasteiger partial charge on any atom is -0.378 e.